The van der Waals surface area contributed by atoms with E-state index in [0.717, 1.165) is 18.4 Å². The molecular weight excluding hydrogens is 316 g/mol. The number of carbonyl (C=O) groups excluding carboxylic acids is 2. The molecule has 3 rings (SSSR count). The van der Waals surface area contributed by atoms with Gasteiger partial charge in [-0.2, -0.15) is 0 Å². The number of nitrogens with one attached hydrogen (secondary N) is 2. The van der Waals surface area contributed by atoms with Crippen molar-refractivity contribution in [3.63, 3.8) is 0 Å². The summed E-state index contributed by atoms with van der Waals surface area (Å²) < 4.78 is 5.40. The van der Waals surface area contributed by atoms with E-state index in [9.17, 15) is 9.59 Å². The van der Waals surface area contributed by atoms with Crippen LogP contribution in [0.3, 0.4) is 0 Å². The molecule has 1 amide bonds. The lowest BCUT2D eigenvalue weighted by molar-refractivity contribution is -0.123. The van der Waals surface area contributed by atoms with E-state index in [2.05, 4.69) is 22.4 Å². The van der Waals surface area contributed by atoms with Gasteiger partial charge in [-0.3, -0.25) is 9.59 Å². The van der Waals surface area contributed by atoms with Crippen molar-refractivity contribution < 1.29 is 14.3 Å². The van der Waals surface area contributed by atoms with Crippen LogP contribution in [0.4, 0.5) is 0 Å². The number of hydrogen-bond acceptors (Lipinski definition) is 3. The quantitative estimate of drug-likeness (QED) is 0.490. The minimum absolute atomic E-state index is 0.0993. The van der Waals surface area contributed by atoms with E-state index >= 15 is 0 Å². The fourth-order valence-electron chi connectivity index (χ4n) is 2.75. The lowest BCUT2D eigenvalue weighted by atomic mass is 10.1. The van der Waals surface area contributed by atoms with E-state index < -0.39 is 0 Å². The Kier molecular flexibility index (Phi) is 5.46. The molecule has 0 aliphatic rings. The zero-order valence-corrected chi connectivity index (χ0v) is 13.8. The van der Waals surface area contributed by atoms with E-state index in [-0.39, 0.29) is 12.5 Å². The number of hydrogen-bond donors (Lipinski definition) is 2. The molecule has 0 fully saturated rings. The van der Waals surface area contributed by atoms with Crippen LogP contribution in [0.25, 0.3) is 10.9 Å². The first-order valence-electron chi connectivity index (χ1n) is 8.26. The topological polar surface area (TPSA) is 71.2 Å². The van der Waals surface area contributed by atoms with Crippen molar-refractivity contribution in [3.05, 3.63) is 65.9 Å². The van der Waals surface area contributed by atoms with Crippen LogP contribution in [-0.2, 0) is 11.2 Å². The summed E-state index contributed by atoms with van der Waals surface area (Å²) in [5, 5.41) is 4.06. The number of rotatable bonds is 8. The number of para-hydroxylation sites is 2. The third kappa shape index (κ3) is 4.26. The summed E-state index contributed by atoms with van der Waals surface area (Å²) in [5.74, 6) is 0.228. The molecule has 0 aliphatic heterocycles. The fraction of sp³-hybridized carbons (Fsp3) is 0.200. The second-order valence-electron chi connectivity index (χ2n) is 5.76. The second kappa shape index (κ2) is 8.15. The van der Waals surface area contributed by atoms with E-state index in [1.54, 1.807) is 24.3 Å². The summed E-state index contributed by atoms with van der Waals surface area (Å²) in [6.07, 6.45) is 4.47. The van der Waals surface area contributed by atoms with Crippen molar-refractivity contribution in [3.8, 4) is 5.75 Å². The third-order valence-electron chi connectivity index (χ3n) is 4.02. The molecule has 0 saturated heterocycles. The SMILES string of the molecule is O=Cc1ccccc1OCC(=O)NCCCc1c[nH]c2ccccc12. The molecule has 3 aromatic rings. The van der Waals surface area contributed by atoms with Gasteiger partial charge in [-0.1, -0.05) is 30.3 Å². The molecule has 5 heteroatoms. The van der Waals surface area contributed by atoms with Crippen LogP contribution in [0.5, 0.6) is 5.75 Å². The minimum atomic E-state index is -0.195. The number of amides is 1. The van der Waals surface area contributed by atoms with Gasteiger partial charge in [0.25, 0.3) is 5.91 Å². The third-order valence-corrected chi connectivity index (χ3v) is 4.02. The Morgan fingerprint density at radius 1 is 1.12 bits per heavy atom. The van der Waals surface area contributed by atoms with Crippen molar-refractivity contribution in [2.24, 2.45) is 0 Å². The predicted molar refractivity (Wildman–Crippen MR) is 97.0 cm³/mol. The number of H-pyrrole nitrogens is 1. The first kappa shape index (κ1) is 16.8. The Hall–Kier alpha value is -3.08. The second-order valence-corrected chi connectivity index (χ2v) is 5.76. The predicted octanol–water partition coefficient (Wildman–Crippen LogP) is 3.11. The molecule has 5 nitrogen and oxygen atoms in total. The Labute approximate surface area is 146 Å². The van der Waals surface area contributed by atoms with E-state index in [1.807, 2.05) is 18.3 Å². The van der Waals surface area contributed by atoms with Crippen molar-refractivity contribution in [2.75, 3.05) is 13.2 Å². The van der Waals surface area contributed by atoms with Crippen molar-refractivity contribution in [1.29, 1.82) is 0 Å². The van der Waals surface area contributed by atoms with Gasteiger partial charge < -0.3 is 15.0 Å². The monoisotopic (exact) mass is 336 g/mol. The zero-order valence-electron chi connectivity index (χ0n) is 13.8. The summed E-state index contributed by atoms with van der Waals surface area (Å²) in [4.78, 5) is 26.0. The van der Waals surface area contributed by atoms with Gasteiger partial charge in [-0.15, -0.1) is 0 Å². The highest BCUT2D eigenvalue weighted by molar-refractivity contribution is 5.83. The van der Waals surface area contributed by atoms with E-state index in [4.69, 9.17) is 4.74 Å². The molecule has 0 spiro atoms. The van der Waals surface area contributed by atoms with Gasteiger partial charge in [-0.05, 0) is 36.6 Å². The molecule has 0 aliphatic carbocycles. The Morgan fingerprint density at radius 2 is 1.92 bits per heavy atom. The van der Waals surface area contributed by atoms with Crippen LogP contribution in [-0.4, -0.2) is 30.3 Å². The first-order valence-corrected chi connectivity index (χ1v) is 8.26. The van der Waals surface area contributed by atoms with Gasteiger partial charge in [0.05, 0.1) is 5.56 Å². The van der Waals surface area contributed by atoms with Crippen molar-refractivity contribution >= 4 is 23.1 Å². The fourth-order valence-corrected chi connectivity index (χ4v) is 2.75. The highest BCUT2D eigenvalue weighted by atomic mass is 16.5. The van der Waals surface area contributed by atoms with Crippen LogP contribution in [0, 0.1) is 0 Å². The smallest absolute Gasteiger partial charge is 0.257 e. The minimum Gasteiger partial charge on any atom is -0.483 e. The first-order chi connectivity index (χ1) is 12.3. The van der Waals surface area contributed by atoms with Crippen LogP contribution in [0.1, 0.15) is 22.3 Å². The normalized spacial score (nSPS) is 10.6. The molecule has 2 aromatic carbocycles. The van der Waals surface area contributed by atoms with Crippen molar-refractivity contribution in [2.45, 2.75) is 12.8 Å². The zero-order chi connectivity index (χ0) is 17.5. The number of aldehydes is 1. The molecule has 1 heterocycles. The lowest BCUT2D eigenvalue weighted by Gasteiger charge is -2.08. The molecule has 0 radical (unpaired) electrons. The molecule has 0 atom stereocenters. The van der Waals surface area contributed by atoms with E-state index in [1.165, 1.54) is 10.9 Å². The number of fused-ring (bicyclic) bond motifs is 1. The number of aromatic nitrogens is 1. The summed E-state index contributed by atoms with van der Waals surface area (Å²) in [7, 11) is 0. The van der Waals surface area contributed by atoms with Gasteiger partial charge in [0.2, 0.25) is 0 Å². The van der Waals surface area contributed by atoms with Crippen LogP contribution in [0.2, 0.25) is 0 Å². The Bertz CT molecular complexity index is 870. The maximum atomic E-state index is 11.9. The lowest BCUT2D eigenvalue weighted by Crippen LogP contribution is -2.30. The largest absolute Gasteiger partial charge is 0.483 e. The molecule has 0 unspecified atom stereocenters. The highest BCUT2D eigenvalue weighted by Gasteiger charge is 2.06. The van der Waals surface area contributed by atoms with Crippen LogP contribution in [0.15, 0.2) is 54.7 Å². The number of carbonyl (C=O) groups is 2. The molecule has 0 bridgehead atoms. The van der Waals surface area contributed by atoms with Crippen LogP contribution < -0.4 is 10.1 Å². The number of ether oxygens (including phenoxy) is 1. The summed E-state index contributed by atoms with van der Waals surface area (Å²) in [6.45, 7) is 0.481. The molecular formula is C20H20N2O3. The van der Waals surface area contributed by atoms with Gasteiger partial charge in [0.15, 0.2) is 12.9 Å². The molecule has 128 valence electrons. The highest BCUT2D eigenvalue weighted by Crippen LogP contribution is 2.18. The van der Waals surface area contributed by atoms with Gasteiger partial charge in [0, 0.05) is 23.6 Å². The van der Waals surface area contributed by atoms with Gasteiger partial charge in [0.1, 0.15) is 5.75 Å². The number of aryl methyl sites for hydroxylation is 1. The molecule has 0 saturated carbocycles. The molecule has 2 N–H and O–H groups in total. The average Bonchev–Trinajstić information content (AvgIpc) is 3.07. The standard InChI is InChI=1S/C20H20N2O3/c23-13-16-6-1-4-10-19(16)25-14-20(24)21-11-5-7-15-12-22-18-9-3-2-8-17(15)18/h1-4,6,8-10,12-13,22H,5,7,11,14H2,(H,21,24). The Balaban J connectivity index is 1.41. The van der Waals surface area contributed by atoms with Gasteiger partial charge in [-0.25, -0.2) is 0 Å². The summed E-state index contributed by atoms with van der Waals surface area (Å²) in [5.41, 5.74) is 2.82. The summed E-state index contributed by atoms with van der Waals surface area (Å²) in [6, 6.07) is 15.0. The maximum Gasteiger partial charge on any atom is 0.257 e. The number of aromatic amines is 1. The molecule has 1 aromatic heterocycles. The van der Waals surface area contributed by atoms with E-state index in [0.29, 0.717) is 24.1 Å². The Morgan fingerprint density at radius 3 is 2.80 bits per heavy atom. The summed E-state index contributed by atoms with van der Waals surface area (Å²) >= 11 is 0. The average molecular weight is 336 g/mol. The van der Waals surface area contributed by atoms with Crippen LogP contribution >= 0.6 is 0 Å². The van der Waals surface area contributed by atoms with Crippen molar-refractivity contribution in [1.82, 2.24) is 10.3 Å². The van der Waals surface area contributed by atoms with Gasteiger partial charge >= 0.3 is 0 Å². The number of benzene rings is 2. The maximum absolute atomic E-state index is 11.9. The molecule has 25 heavy (non-hydrogen) atoms.